The first-order chi connectivity index (χ1) is 13.7. The van der Waals surface area contributed by atoms with Gasteiger partial charge in [-0.1, -0.05) is 42.5 Å². The van der Waals surface area contributed by atoms with Gasteiger partial charge in [0.25, 0.3) is 5.91 Å². The maximum absolute atomic E-state index is 12.7. The third-order valence-electron chi connectivity index (χ3n) is 4.10. The Balaban J connectivity index is 1.76. The quantitative estimate of drug-likeness (QED) is 0.605. The largest absolute Gasteiger partial charge is 0.495 e. The second-order valence-corrected chi connectivity index (χ2v) is 6.02. The van der Waals surface area contributed by atoms with Crippen LogP contribution in [0.15, 0.2) is 72.8 Å². The van der Waals surface area contributed by atoms with E-state index in [1.54, 1.807) is 37.4 Å². The zero-order chi connectivity index (χ0) is 19.8. The summed E-state index contributed by atoms with van der Waals surface area (Å²) in [5, 5.41) is 2.86. The van der Waals surface area contributed by atoms with E-state index in [1.165, 1.54) is 0 Å². The van der Waals surface area contributed by atoms with Crippen LogP contribution in [0.2, 0.25) is 0 Å². The number of anilines is 1. The summed E-state index contributed by atoms with van der Waals surface area (Å²) >= 11 is 0. The minimum atomic E-state index is -0.250. The van der Waals surface area contributed by atoms with Crippen LogP contribution < -0.4 is 19.5 Å². The van der Waals surface area contributed by atoms with E-state index >= 15 is 0 Å². The van der Waals surface area contributed by atoms with Crippen molar-refractivity contribution < 1.29 is 19.0 Å². The minimum absolute atomic E-state index is 0.250. The summed E-state index contributed by atoms with van der Waals surface area (Å²) < 4.78 is 16.8. The van der Waals surface area contributed by atoms with Gasteiger partial charge in [0.05, 0.1) is 19.4 Å². The Morgan fingerprint density at radius 2 is 1.61 bits per heavy atom. The van der Waals surface area contributed by atoms with E-state index in [0.717, 1.165) is 5.56 Å². The molecule has 0 unspecified atom stereocenters. The number of carbonyl (C=O) groups is 1. The van der Waals surface area contributed by atoms with Crippen LogP contribution in [0.3, 0.4) is 0 Å². The number of hydrogen-bond donors (Lipinski definition) is 1. The number of benzene rings is 3. The summed E-state index contributed by atoms with van der Waals surface area (Å²) in [4.78, 5) is 12.7. The molecule has 3 aromatic carbocycles. The van der Waals surface area contributed by atoms with Crippen molar-refractivity contribution in [3.63, 3.8) is 0 Å². The summed E-state index contributed by atoms with van der Waals surface area (Å²) in [6.45, 7) is 2.79. The molecule has 0 aliphatic rings. The Labute approximate surface area is 164 Å². The molecule has 0 aromatic heterocycles. The Morgan fingerprint density at radius 3 is 2.36 bits per heavy atom. The first-order valence-electron chi connectivity index (χ1n) is 9.09. The van der Waals surface area contributed by atoms with Crippen molar-refractivity contribution in [2.24, 2.45) is 0 Å². The van der Waals surface area contributed by atoms with Gasteiger partial charge in [0, 0.05) is 5.56 Å². The minimum Gasteiger partial charge on any atom is -0.495 e. The van der Waals surface area contributed by atoms with E-state index < -0.39 is 0 Å². The van der Waals surface area contributed by atoms with Gasteiger partial charge in [-0.2, -0.15) is 0 Å². The smallest absolute Gasteiger partial charge is 0.255 e. The number of amides is 1. The standard InChI is InChI=1S/C23H23NO4/c1-3-27-22-15-18(23(25)24-19-11-7-8-12-20(19)26-2)13-14-21(22)28-16-17-9-5-4-6-10-17/h4-15H,3,16H2,1-2H3,(H,24,25). The molecule has 144 valence electrons. The van der Waals surface area contributed by atoms with Gasteiger partial charge in [-0.15, -0.1) is 0 Å². The number of carbonyl (C=O) groups excluding carboxylic acids is 1. The van der Waals surface area contributed by atoms with Gasteiger partial charge in [0.2, 0.25) is 0 Å². The third kappa shape index (κ3) is 4.82. The molecule has 5 nitrogen and oxygen atoms in total. The molecule has 0 bridgehead atoms. The lowest BCUT2D eigenvalue weighted by atomic mass is 10.1. The van der Waals surface area contributed by atoms with Crippen molar-refractivity contribution in [1.29, 1.82) is 0 Å². The Bertz CT molecular complexity index is 925. The molecule has 0 aliphatic heterocycles. The highest BCUT2D eigenvalue weighted by Gasteiger charge is 2.13. The normalized spacial score (nSPS) is 10.2. The Hall–Kier alpha value is -3.47. The molecule has 3 aromatic rings. The highest BCUT2D eigenvalue weighted by atomic mass is 16.5. The number of hydrogen-bond acceptors (Lipinski definition) is 4. The molecule has 28 heavy (non-hydrogen) atoms. The fourth-order valence-corrected chi connectivity index (χ4v) is 2.71. The Kier molecular flexibility index (Phi) is 6.52. The lowest BCUT2D eigenvalue weighted by Gasteiger charge is -2.14. The van der Waals surface area contributed by atoms with Gasteiger partial charge < -0.3 is 19.5 Å². The van der Waals surface area contributed by atoms with Crippen LogP contribution in [0, 0.1) is 0 Å². The fraction of sp³-hybridized carbons (Fsp3) is 0.174. The molecule has 0 spiro atoms. The number of methoxy groups -OCH3 is 1. The monoisotopic (exact) mass is 377 g/mol. The number of rotatable bonds is 8. The maximum Gasteiger partial charge on any atom is 0.255 e. The Morgan fingerprint density at radius 1 is 0.857 bits per heavy atom. The molecule has 1 N–H and O–H groups in total. The van der Waals surface area contributed by atoms with Crippen molar-refractivity contribution in [3.8, 4) is 17.2 Å². The van der Waals surface area contributed by atoms with Crippen LogP contribution >= 0.6 is 0 Å². The number of para-hydroxylation sites is 2. The lowest BCUT2D eigenvalue weighted by Crippen LogP contribution is -2.13. The van der Waals surface area contributed by atoms with Crippen LogP contribution in [-0.4, -0.2) is 19.6 Å². The van der Waals surface area contributed by atoms with Crippen molar-refractivity contribution in [2.45, 2.75) is 13.5 Å². The highest BCUT2D eigenvalue weighted by Crippen LogP contribution is 2.30. The average Bonchev–Trinajstić information content (AvgIpc) is 2.74. The summed E-state index contributed by atoms with van der Waals surface area (Å²) in [6, 6.07) is 22.3. The first-order valence-corrected chi connectivity index (χ1v) is 9.09. The molecule has 0 saturated carbocycles. The van der Waals surface area contributed by atoms with E-state index in [9.17, 15) is 4.79 Å². The van der Waals surface area contributed by atoms with E-state index in [-0.39, 0.29) is 5.91 Å². The number of ether oxygens (including phenoxy) is 3. The molecule has 0 radical (unpaired) electrons. The zero-order valence-electron chi connectivity index (χ0n) is 16.0. The van der Waals surface area contributed by atoms with Gasteiger partial charge in [-0.05, 0) is 42.8 Å². The zero-order valence-corrected chi connectivity index (χ0v) is 16.0. The van der Waals surface area contributed by atoms with Crippen molar-refractivity contribution in [2.75, 3.05) is 19.0 Å². The molecule has 3 rings (SSSR count). The van der Waals surface area contributed by atoms with Gasteiger partial charge in [0.15, 0.2) is 11.5 Å². The fourth-order valence-electron chi connectivity index (χ4n) is 2.71. The highest BCUT2D eigenvalue weighted by molar-refractivity contribution is 6.05. The summed E-state index contributed by atoms with van der Waals surface area (Å²) in [7, 11) is 1.57. The van der Waals surface area contributed by atoms with Crippen LogP contribution in [0.5, 0.6) is 17.2 Å². The molecule has 0 saturated heterocycles. The molecule has 0 fully saturated rings. The van der Waals surface area contributed by atoms with Crippen molar-refractivity contribution in [1.82, 2.24) is 0 Å². The summed E-state index contributed by atoms with van der Waals surface area (Å²) in [5.74, 6) is 1.48. The van der Waals surface area contributed by atoms with Crippen LogP contribution in [0.25, 0.3) is 0 Å². The molecule has 0 aliphatic carbocycles. The first kappa shape index (κ1) is 19.3. The topological polar surface area (TPSA) is 56.8 Å². The van der Waals surface area contributed by atoms with Gasteiger partial charge in [-0.25, -0.2) is 0 Å². The summed E-state index contributed by atoms with van der Waals surface area (Å²) in [6.07, 6.45) is 0. The predicted molar refractivity (Wildman–Crippen MR) is 109 cm³/mol. The van der Waals surface area contributed by atoms with Gasteiger partial charge >= 0.3 is 0 Å². The average molecular weight is 377 g/mol. The predicted octanol–water partition coefficient (Wildman–Crippen LogP) is 4.93. The van der Waals surface area contributed by atoms with Crippen LogP contribution in [0.4, 0.5) is 5.69 Å². The third-order valence-corrected chi connectivity index (χ3v) is 4.10. The van der Waals surface area contributed by atoms with Crippen LogP contribution in [0.1, 0.15) is 22.8 Å². The maximum atomic E-state index is 12.7. The van der Waals surface area contributed by atoms with Crippen molar-refractivity contribution in [3.05, 3.63) is 83.9 Å². The van der Waals surface area contributed by atoms with E-state index in [4.69, 9.17) is 14.2 Å². The molecule has 0 heterocycles. The van der Waals surface area contributed by atoms with Crippen LogP contribution in [-0.2, 0) is 6.61 Å². The molecule has 5 heteroatoms. The lowest BCUT2D eigenvalue weighted by molar-refractivity contribution is 0.102. The second kappa shape index (κ2) is 9.46. The SMILES string of the molecule is CCOc1cc(C(=O)Nc2ccccc2OC)ccc1OCc1ccccc1. The molecular weight excluding hydrogens is 354 g/mol. The van der Waals surface area contributed by atoms with E-state index in [1.807, 2.05) is 49.4 Å². The van der Waals surface area contributed by atoms with Gasteiger partial charge in [-0.3, -0.25) is 4.79 Å². The number of nitrogens with one attached hydrogen (secondary N) is 1. The second-order valence-electron chi connectivity index (χ2n) is 6.02. The molecular formula is C23H23NO4. The molecule has 0 atom stereocenters. The van der Waals surface area contributed by atoms with E-state index in [0.29, 0.717) is 41.7 Å². The van der Waals surface area contributed by atoms with Gasteiger partial charge in [0.1, 0.15) is 12.4 Å². The molecule has 1 amide bonds. The summed E-state index contributed by atoms with van der Waals surface area (Å²) in [5.41, 5.74) is 2.14. The van der Waals surface area contributed by atoms with E-state index in [2.05, 4.69) is 5.32 Å². The van der Waals surface area contributed by atoms with Crippen molar-refractivity contribution >= 4 is 11.6 Å².